The summed E-state index contributed by atoms with van der Waals surface area (Å²) in [5.74, 6) is 0.715. The highest BCUT2D eigenvalue weighted by Gasteiger charge is 2.27. The van der Waals surface area contributed by atoms with Gasteiger partial charge in [0.2, 0.25) is 5.91 Å². The van der Waals surface area contributed by atoms with E-state index in [-0.39, 0.29) is 24.3 Å². The number of carbonyl (C=O) groups is 1. The first kappa shape index (κ1) is 26.2. The maximum absolute atomic E-state index is 12.2. The van der Waals surface area contributed by atoms with E-state index in [0.29, 0.717) is 24.7 Å². The molecular formula is C27H41N7O2. The number of fused-ring (bicyclic) bond motifs is 1. The van der Waals surface area contributed by atoms with Gasteiger partial charge in [0.25, 0.3) is 0 Å². The summed E-state index contributed by atoms with van der Waals surface area (Å²) in [6.45, 7) is 12.9. The number of carbonyl (C=O) groups excluding carboxylic acids is 1. The van der Waals surface area contributed by atoms with E-state index >= 15 is 0 Å². The third kappa shape index (κ3) is 7.07. The van der Waals surface area contributed by atoms with Gasteiger partial charge in [-0.15, -0.1) is 0 Å². The minimum atomic E-state index is -0.121. The van der Waals surface area contributed by atoms with Crippen molar-refractivity contribution in [2.24, 2.45) is 0 Å². The Bertz CT molecular complexity index is 1010. The molecule has 3 N–H and O–H groups in total. The molecule has 4 heterocycles. The van der Waals surface area contributed by atoms with Crippen LogP contribution in [0.2, 0.25) is 0 Å². The number of anilines is 3. The van der Waals surface area contributed by atoms with E-state index < -0.39 is 0 Å². The van der Waals surface area contributed by atoms with Crippen molar-refractivity contribution in [1.82, 2.24) is 19.8 Å². The van der Waals surface area contributed by atoms with E-state index in [2.05, 4.69) is 63.2 Å². The van der Waals surface area contributed by atoms with Crippen LogP contribution in [0.3, 0.4) is 0 Å². The molecule has 36 heavy (non-hydrogen) atoms. The minimum absolute atomic E-state index is 0.121. The van der Waals surface area contributed by atoms with Crippen molar-refractivity contribution in [3.05, 3.63) is 35.4 Å². The predicted octanol–water partition coefficient (Wildman–Crippen LogP) is 3.50. The lowest BCUT2D eigenvalue weighted by Crippen LogP contribution is -2.39. The van der Waals surface area contributed by atoms with E-state index in [9.17, 15) is 4.79 Å². The zero-order chi connectivity index (χ0) is 25.3. The molecular weight excluding hydrogens is 454 g/mol. The van der Waals surface area contributed by atoms with Crippen molar-refractivity contribution in [2.75, 3.05) is 61.8 Å². The molecule has 0 saturated carbocycles. The summed E-state index contributed by atoms with van der Waals surface area (Å²) < 4.78 is 5.65. The number of nitrogens with one attached hydrogen (secondary N) is 1. The molecule has 5 rings (SSSR count). The summed E-state index contributed by atoms with van der Waals surface area (Å²) in [5, 5.41) is 2.80. The average molecular weight is 496 g/mol. The number of nitrogens with zero attached hydrogens (tertiary/aromatic N) is 5. The van der Waals surface area contributed by atoms with Crippen molar-refractivity contribution in [3.63, 3.8) is 0 Å². The van der Waals surface area contributed by atoms with Gasteiger partial charge in [0.1, 0.15) is 5.69 Å². The zero-order valence-electron chi connectivity index (χ0n) is 21.8. The van der Waals surface area contributed by atoms with Crippen LogP contribution in [0.4, 0.5) is 17.3 Å². The normalized spacial score (nSPS) is 17.6. The van der Waals surface area contributed by atoms with E-state index in [1.807, 2.05) is 4.90 Å². The van der Waals surface area contributed by atoms with E-state index in [1.165, 1.54) is 57.5 Å². The van der Waals surface area contributed by atoms with E-state index in [0.717, 1.165) is 24.9 Å². The number of benzene rings is 1. The summed E-state index contributed by atoms with van der Waals surface area (Å²) in [4.78, 5) is 27.8. The molecule has 2 saturated heterocycles. The van der Waals surface area contributed by atoms with Gasteiger partial charge >= 0.3 is 6.01 Å². The second-order valence-electron chi connectivity index (χ2n) is 9.79. The summed E-state index contributed by atoms with van der Waals surface area (Å²) in [6.07, 6.45) is 6.08. The number of amides is 1. The van der Waals surface area contributed by atoms with Crippen LogP contribution in [0.15, 0.2) is 24.3 Å². The molecule has 3 aliphatic heterocycles. The summed E-state index contributed by atoms with van der Waals surface area (Å²) in [7, 11) is 0. The van der Waals surface area contributed by atoms with Crippen LogP contribution in [-0.2, 0) is 17.9 Å². The van der Waals surface area contributed by atoms with Crippen LogP contribution in [-0.4, -0.2) is 71.6 Å². The number of nitrogens with two attached hydrogens (primary N) is 1. The fraction of sp³-hybridized carbons (Fsp3) is 0.593. The van der Waals surface area contributed by atoms with Crippen molar-refractivity contribution in [2.45, 2.75) is 59.0 Å². The van der Waals surface area contributed by atoms with Gasteiger partial charge in [-0.05, 0) is 69.5 Å². The Morgan fingerprint density at radius 3 is 2.36 bits per heavy atom. The number of aromatic nitrogens is 2. The fourth-order valence-corrected chi connectivity index (χ4v) is 4.67. The monoisotopic (exact) mass is 495 g/mol. The third-order valence-electron chi connectivity index (χ3n) is 6.89. The van der Waals surface area contributed by atoms with Crippen LogP contribution >= 0.6 is 0 Å². The second kappa shape index (κ2) is 12.9. The molecule has 0 aliphatic carbocycles. The summed E-state index contributed by atoms with van der Waals surface area (Å²) >= 11 is 0. The predicted molar refractivity (Wildman–Crippen MR) is 144 cm³/mol. The average Bonchev–Trinajstić information content (AvgIpc) is 3.37. The number of likely N-dealkylation sites (tertiary alicyclic amines) is 2. The van der Waals surface area contributed by atoms with Gasteiger partial charge in [-0.3, -0.25) is 9.69 Å². The van der Waals surface area contributed by atoms with Crippen LogP contribution in [0.1, 0.15) is 57.1 Å². The lowest BCUT2D eigenvalue weighted by atomic mass is 10.1. The lowest BCUT2D eigenvalue weighted by Gasteiger charge is -2.31. The molecule has 196 valence electrons. The van der Waals surface area contributed by atoms with Crippen LogP contribution in [0.25, 0.3) is 0 Å². The molecule has 0 unspecified atom stereocenters. The highest BCUT2D eigenvalue weighted by molar-refractivity contribution is 6.03. The molecule has 1 aromatic carbocycles. The Morgan fingerprint density at radius 1 is 1.00 bits per heavy atom. The first-order chi connectivity index (χ1) is 17.6. The molecule has 9 heteroatoms. The Hall–Kier alpha value is -2.91. The van der Waals surface area contributed by atoms with Crippen LogP contribution in [0, 0.1) is 0 Å². The number of nitrogen functional groups attached to an aromatic ring is 1. The number of rotatable bonds is 9. The van der Waals surface area contributed by atoms with Gasteiger partial charge in [0, 0.05) is 13.1 Å². The molecule has 1 aromatic heterocycles. The summed E-state index contributed by atoms with van der Waals surface area (Å²) in [5.41, 5.74) is 8.97. The first-order valence-corrected chi connectivity index (χ1v) is 13.4. The zero-order valence-corrected chi connectivity index (χ0v) is 21.8. The molecule has 0 atom stereocenters. The quantitative estimate of drug-likeness (QED) is 0.510. The SMILES string of the molecule is CCCCOc1nc(N)c2c(n1)N(Cc1cccc(CN3CCC3)c1)CC(=O)N2.CCN1CCCC1. The Kier molecular flexibility index (Phi) is 9.35. The lowest BCUT2D eigenvalue weighted by molar-refractivity contribution is -0.115. The highest BCUT2D eigenvalue weighted by atomic mass is 16.5. The van der Waals surface area contributed by atoms with Gasteiger partial charge in [-0.1, -0.05) is 44.5 Å². The van der Waals surface area contributed by atoms with Gasteiger partial charge in [-0.2, -0.15) is 9.97 Å². The third-order valence-corrected chi connectivity index (χ3v) is 6.89. The number of unbranched alkanes of at least 4 members (excludes halogenated alkanes) is 1. The molecule has 0 spiro atoms. The molecule has 2 aromatic rings. The van der Waals surface area contributed by atoms with Crippen molar-refractivity contribution < 1.29 is 9.53 Å². The summed E-state index contributed by atoms with van der Waals surface area (Å²) in [6, 6.07) is 8.76. The van der Waals surface area contributed by atoms with Gasteiger partial charge < -0.3 is 25.6 Å². The van der Waals surface area contributed by atoms with Crippen molar-refractivity contribution in [3.8, 4) is 6.01 Å². The smallest absolute Gasteiger partial charge is 0.320 e. The maximum atomic E-state index is 12.2. The van der Waals surface area contributed by atoms with Crippen molar-refractivity contribution >= 4 is 23.2 Å². The molecule has 0 bridgehead atoms. The standard InChI is InChI=1S/C21H28N6O2.C6H13N/c1-2-3-10-29-21-24-19(22)18-20(25-21)27(14-17(28)23-18)13-16-7-4-6-15(11-16)12-26-8-5-9-26;1-2-7-5-3-4-6-7/h4,6-7,11H,2-3,5,8-10,12-14H2,1H3,(H,23,28)(H2,22,24,25);2-6H2,1H3. The Labute approximate surface area is 215 Å². The van der Waals surface area contributed by atoms with Crippen LogP contribution in [0.5, 0.6) is 6.01 Å². The van der Waals surface area contributed by atoms with Gasteiger partial charge in [0.15, 0.2) is 11.6 Å². The molecule has 9 nitrogen and oxygen atoms in total. The van der Waals surface area contributed by atoms with Gasteiger partial charge in [-0.25, -0.2) is 0 Å². The Morgan fingerprint density at radius 2 is 1.72 bits per heavy atom. The number of hydrogen-bond donors (Lipinski definition) is 2. The minimum Gasteiger partial charge on any atom is -0.463 e. The second-order valence-corrected chi connectivity index (χ2v) is 9.79. The number of ether oxygens (including phenoxy) is 1. The van der Waals surface area contributed by atoms with E-state index in [1.54, 1.807) is 0 Å². The maximum Gasteiger partial charge on any atom is 0.320 e. The van der Waals surface area contributed by atoms with Crippen LogP contribution < -0.4 is 20.7 Å². The molecule has 1 amide bonds. The fourth-order valence-electron chi connectivity index (χ4n) is 4.67. The topological polar surface area (TPSA) is 99.8 Å². The number of hydrogen-bond acceptors (Lipinski definition) is 8. The van der Waals surface area contributed by atoms with Gasteiger partial charge in [0.05, 0.1) is 13.2 Å². The largest absolute Gasteiger partial charge is 0.463 e. The molecule has 3 aliphatic rings. The Balaban J connectivity index is 0.000000375. The highest BCUT2D eigenvalue weighted by Crippen LogP contribution is 2.34. The van der Waals surface area contributed by atoms with E-state index in [4.69, 9.17) is 10.5 Å². The molecule has 2 fully saturated rings. The van der Waals surface area contributed by atoms with Crippen molar-refractivity contribution in [1.29, 1.82) is 0 Å². The first-order valence-electron chi connectivity index (χ1n) is 13.4. The molecule has 0 radical (unpaired) electrons.